The third-order valence-corrected chi connectivity index (χ3v) is 3.05. The number of unbranched alkanes of at least 4 members (excludes halogenated alkanes) is 1. The summed E-state index contributed by atoms with van der Waals surface area (Å²) in [6, 6.07) is 0. The Morgan fingerprint density at radius 2 is 1.31 bits per heavy atom. The van der Waals surface area contributed by atoms with Gasteiger partial charge in [-0.1, -0.05) is 46.4 Å². The van der Waals surface area contributed by atoms with Gasteiger partial charge in [-0.25, -0.2) is 14.4 Å². The van der Waals surface area contributed by atoms with Crippen LogP contribution < -0.4 is 0 Å². The topological polar surface area (TPSA) is 93.1 Å². The van der Waals surface area contributed by atoms with Crippen LogP contribution in [0.1, 0.15) is 53.4 Å². The Kier molecular flexibility index (Phi) is 21.9. The molecule has 0 aromatic carbocycles. The highest BCUT2D eigenvalue weighted by Crippen LogP contribution is 1.99. The van der Waals surface area contributed by atoms with E-state index in [0.29, 0.717) is 36.4 Å². The fourth-order valence-corrected chi connectivity index (χ4v) is 1.29. The molecule has 0 atom stereocenters. The van der Waals surface area contributed by atoms with Gasteiger partial charge in [0.25, 0.3) is 0 Å². The van der Waals surface area contributed by atoms with Gasteiger partial charge in [0.2, 0.25) is 0 Å². The Balaban J connectivity index is -0.000000354. The highest BCUT2D eigenvalue weighted by atomic mass is 16.5. The molecule has 0 aliphatic rings. The second kappa shape index (κ2) is 20.3. The van der Waals surface area contributed by atoms with Crippen molar-refractivity contribution in [3.63, 3.8) is 0 Å². The molecule has 1 N–H and O–H groups in total. The van der Waals surface area contributed by atoms with Gasteiger partial charge in [0.05, 0.1) is 6.61 Å². The van der Waals surface area contributed by atoms with E-state index < -0.39 is 5.97 Å². The third-order valence-electron chi connectivity index (χ3n) is 3.05. The van der Waals surface area contributed by atoms with Crippen molar-refractivity contribution in [2.24, 2.45) is 0 Å². The normalized spacial score (nSPS) is 9.21. The summed E-state index contributed by atoms with van der Waals surface area (Å²) in [6.45, 7) is 19.2. The van der Waals surface area contributed by atoms with Gasteiger partial charge in [-0.2, -0.15) is 0 Å². The number of carboxylic acid groups (broad SMARTS) is 1. The lowest BCUT2D eigenvalue weighted by molar-refractivity contribution is -0.140. The van der Waals surface area contributed by atoms with E-state index in [2.05, 4.69) is 26.7 Å². The second-order valence-corrected chi connectivity index (χ2v) is 6.65. The molecule has 0 rings (SSSR count). The molecule has 0 aromatic heterocycles. The monoisotopic (exact) mass is 413 g/mol. The van der Waals surface area contributed by atoms with Crippen LogP contribution in [0.5, 0.6) is 0 Å². The number of aliphatic carboxylic acids is 1. The van der Waals surface area contributed by atoms with Gasteiger partial charge in [0.15, 0.2) is 0 Å². The van der Waals surface area contributed by atoms with Crippen molar-refractivity contribution in [3.05, 3.63) is 36.5 Å². The molecule has 0 fully saturated rings. The molecule has 0 unspecified atom stereocenters. The van der Waals surface area contributed by atoms with Crippen molar-refractivity contribution in [2.45, 2.75) is 53.4 Å². The summed E-state index contributed by atoms with van der Waals surface area (Å²) in [4.78, 5) is 33.4. The fraction of sp³-hybridized carbons (Fsp3) is 0.591. The zero-order valence-corrected chi connectivity index (χ0v) is 19.0. The van der Waals surface area contributed by atoms with E-state index in [1.165, 1.54) is 0 Å². The molecule has 0 saturated heterocycles. The molecule has 0 aliphatic heterocycles. The molecular formula is C22H39NO6. The second-order valence-electron chi connectivity index (χ2n) is 6.65. The van der Waals surface area contributed by atoms with E-state index in [0.717, 1.165) is 25.8 Å². The van der Waals surface area contributed by atoms with Gasteiger partial charge in [-0.3, -0.25) is 0 Å². The molecule has 29 heavy (non-hydrogen) atoms. The van der Waals surface area contributed by atoms with Gasteiger partial charge in [0.1, 0.15) is 6.61 Å². The summed E-state index contributed by atoms with van der Waals surface area (Å²) in [5.41, 5.74) is 1.22. The average Bonchev–Trinajstić information content (AvgIpc) is 2.62. The van der Waals surface area contributed by atoms with Crippen LogP contribution in [0.2, 0.25) is 0 Å². The van der Waals surface area contributed by atoms with Crippen LogP contribution in [0.3, 0.4) is 0 Å². The number of carboxylic acids is 1. The highest BCUT2D eigenvalue weighted by Gasteiger charge is 2.02. The molecule has 7 heteroatoms. The summed E-state index contributed by atoms with van der Waals surface area (Å²) in [6.07, 6.45) is 3.42. The van der Waals surface area contributed by atoms with E-state index in [1.54, 1.807) is 13.8 Å². The smallest absolute Gasteiger partial charge is 0.333 e. The number of hydrogen-bond donors (Lipinski definition) is 1. The first kappa shape index (κ1) is 31.3. The zero-order valence-electron chi connectivity index (χ0n) is 19.0. The zero-order chi connectivity index (χ0) is 23.4. The first-order valence-electron chi connectivity index (χ1n) is 9.61. The van der Waals surface area contributed by atoms with E-state index in [1.807, 2.05) is 25.9 Å². The Bertz CT molecular complexity index is 537. The molecule has 168 valence electrons. The summed E-state index contributed by atoms with van der Waals surface area (Å²) in [7, 11) is 3.85. The molecular weight excluding hydrogens is 374 g/mol. The first-order valence-corrected chi connectivity index (χ1v) is 9.61. The SMILES string of the molecule is C=C(C)C(=O)OCCCC.C=C(C)C(=O)OCCN(C)C.C=C(CCC)C(=O)O. The number of ether oxygens (including phenoxy) is 2. The maximum absolute atomic E-state index is 10.8. The van der Waals surface area contributed by atoms with Gasteiger partial charge in [-0.05, 0) is 40.8 Å². The van der Waals surface area contributed by atoms with Crippen molar-refractivity contribution in [3.8, 4) is 0 Å². The molecule has 0 aromatic rings. The lowest BCUT2D eigenvalue weighted by Gasteiger charge is -2.09. The third kappa shape index (κ3) is 25.6. The van der Waals surface area contributed by atoms with Crippen molar-refractivity contribution in [2.75, 3.05) is 33.9 Å². The maximum Gasteiger partial charge on any atom is 0.333 e. The Labute approximate surface area is 176 Å². The van der Waals surface area contributed by atoms with Crippen LogP contribution in [0.15, 0.2) is 36.5 Å². The first-order chi connectivity index (χ1) is 13.4. The van der Waals surface area contributed by atoms with Crippen LogP contribution in [0.25, 0.3) is 0 Å². The Morgan fingerprint density at radius 3 is 1.59 bits per heavy atom. The van der Waals surface area contributed by atoms with E-state index >= 15 is 0 Å². The van der Waals surface area contributed by atoms with E-state index in [9.17, 15) is 14.4 Å². The summed E-state index contributed by atoms with van der Waals surface area (Å²) < 4.78 is 9.64. The molecule has 0 aliphatic carbocycles. The van der Waals surface area contributed by atoms with Gasteiger partial charge in [-0.15, -0.1) is 0 Å². The summed E-state index contributed by atoms with van der Waals surface area (Å²) in [5, 5.41) is 8.21. The highest BCUT2D eigenvalue weighted by molar-refractivity contribution is 5.87. The number of nitrogens with zero attached hydrogens (tertiary/aromatic N) is 1. The molecule has 0 radical (unpaired) electrons. The summed E-state index contributed by atoms with van der Waals surface area (Å²) in [5.74, 6) is -1.48. The number of carbonyl (C=O) groups excluding carboxylic acids is 2. The van der Waals surface area contributed by atoms with Gasteiger partial charge >= 0.3 is 17.9 Å². The number of hydrogen-bond acceptors (Lipinski definition) is 6. The summed E-state index contributed by atoms with van der Waals surface area (Å²) >= 11 is 0. The quantitative estimate of drug-likeness (QED) is 0.311. The van der Waals surface area contributed by atoms with Crippen LogP contribution in [-0.2, 0) is 23.9 Å². The van der Waals surface area contributed by atoms with Crippen molar-refractivity contribution in [1.82, 2.24) is 4.90 Å². The van der Waals surface area contributed by atoms with Crippen LogP contribution >= 0.6 is 0 Å². The van der Waals surface area contributed by atoms with E-state index in [4.69, 9.17) is 14.6 Å². The predicted molar refractivity (Wildman–Crippen MR) is 117 cm³/mol. The standard InChI is InChI=1S/C8H15NO2.C8H14O2.C6H10O2/c1-7(2)8(10)11-6-5-9(3)4;1-4-5-6-10-8(9)7(2)3;1-3-4-5(2)6(7)8/h1,5-6H2,2-4H3;2,4-6H2,1,3H3;2-4H2,1H3,(H,7,8). The lowest BCUT2D eigenvalue weighted by atomic mass is 10.2. The molecule has 7 nitrogen and oxygen atoms in total. The average molecular weight is 414 g/mol. The number of rotatable bonds is 11. The minimum atomic E-state index is -0.883. The van der Waals surface area contributed by atoms with Crippen molar-refractivity contribution < 1.29 is 29.0 Å². The minimum Gasteiger partial charge on any atom is -0.478 e. The molecule has 0 heterocycles. The minimum absolute atomic E-state index is 0.284. The number of likely N-dealkylation sites (N-methyl/N-ethyl adjacent to an activating group) is 1. The maximum atomic E-state index is 10.8. The van der Waals surface area contributed by atoms with Crippen molar-refractivity contribution in [1.29, 1.82) is 0 Å². The van der Waals surface area contributed by atoms with Crippen LogP contribution in [0, 0.1) is 0 Å². The van der Waals surface area contributed by atoms with Crippen molar-refractivity contribution >= 4 is 17.9 Å². The molecule has 0 spiro atoms. The van der Waals surface area contributed by atoms with Gasteiger partial charge in [0, 0.05) is 23.3 Å². The van der Waals surface area contributed by atoms with Crippen LogP contribution in [0.4, 0.5) is 0 Å². The van der Waals surface area contributed by atoms with E-state index in [-0.39, 0.29) is 11.9 Å². The Hall–Kier alpha value is -2.41. The molecule has 0 saturated carbocycles. The Morgan fingerprint density at radius 1 is 0.862 bits per heavy atom. The number of carbonyl (C=O) groups is 3. The predicted octanol–water partition coefficient (Wildman–Crippen LogP) is 4.00. The largest absolute Gasteiger partial charge is 0.478 e. The van der Waals surface area contributed by atoms with Crippen LogP contribution in [-0.4, -0.2) is 61.8 Å². The molecule has 0 bridgehead atoms. The lowest BCUT2D eigenvalue weighted by Crippen LogP contribution is -2.20. The molecule has 0 amide bonds. The number of esters is 2. The van der Waals surface area contributed by atoms with Gasteiger partial charge < -0.3 is 19.5 Å². The fourth-order valence-electron chi connectivity index (χ4n) is 1.29.